The number of carbonyl (C=O) groups excluding carboxylic acids is 1. The molecule has 3 heterocycles. The van der Waals surface area contributed by atoms with E-state index < -0.39 is 0 Å². The van der Waals surface area contributed by atoms with E-state index >= 15 is 0 Å². The molecular weight excluding hydrogens is 380 g/mol. The van der Waals surface area contributed by atoms with Crippen molar-refractivity contribution in [3.63, 3.8) is 0 Å². The molecule has 0 saturated carbocycles. The second-order valence-electron chi connectivity index (χ2n) is 7.54. The highest BCUT2D eigenvalue weighted by Gasteiger charge is 2.24. The van der Waals surface area contributed by atoms with Crippen molar-refractivity contribution in [1.82, 2.24) is 20.3 Å². The third-order valence-electron chi connectivity index (χ3n) is 4.81. The summed E-state index contributed by atoms with van der Waals surface area (Å²) >= 11 is 0. The van der Waals surface area contributed by atoms with Crippen LogP contribution in [0.3, 0.4) is 0 Å². The van der Waals surface area contributed by atoms with Crippen molar-refractivity contribution in [2.75, 3.05) is 6.61 Å². The fourth-order valence-corrected chi connectivity index (χ4v) is 3.40. The molecule has 2 aromatic heterocycles. The zero-order valence-corrected chi connectivity index (χ0v) is 17.3. The van der Waals surface area contributed by atoms with Crippen LogP contribution in [0.25, 0.3) is 11.1 Å². The molecule has 0 radical (unpaired) electrons. The molecular formula is C23H24N4O3. The van der Waals surface area contributed by atoms with E-state index in [4.69, 9.17) is 9.47 Å². The number of rotatable bonds is 5. The number of hydrogen-bond acceptors (Lipinski definition) is 6. The molecule has 4 rings (SSSR count). The van der Waals surface area contributed by atoms with Gasteiger partial charge in [-0.25, -0.2) is 15.0 Å². The smallest absolute Gasteiger partial charge is 0.253 e. The minimum Gasteiger partial charge on any atom is -0.491 e. The number of fused-ring (bicyclic) bond motifs is 1. The first-order valence-corrected chi connectivity index (χ1v) is 9.97. The number of aryl methyl sites for hydroxylation is 1. The number of pyridine rings is 1. The van der Waals surface area contributed by atoms with Gasteiger partial charge in [0.1, 0.15) is 18.2 Å². The molecule has 1 N–H and O–H groups in total. The van der Waals surface area contributed by atoms with Gasteiger partial charge in [-0.05, 0) is 38.5 Å². The van der Waals surface area contributed by atoms with Gasteiger partial charge >= 0.3 is 0 Å². The highest BCUT2D eigenvalue weighted by Crippen LogP contribution is 2.33. The minimum absolute atomic E-state index is 0.0322. The molecule has 1 aliphatic rings. The Hall–Kier alpha value is -3.48. The van der Waals surface area contributed by atoms with Gasteiger partial charge in [0.25, 0.3) is 5.91 Å². The number of carbonyl (C=O) groups is 1. The lowest BCUT2D eigenvalue weighted by Crippen LogP contribution is -2.42. The maximum absolute atomic E-state index is 12.7. The maximum Gasteiger partial charge on any atom is 0.253 e. The first-order chi connectivity index (χ1) is 14.5. The lowest BCUT2D eigenvalue weighted by molar-refractivity contribution is 0.0915. The predicted octanol–water partition coefficient (Wildman–Crippen LogP) is 3.37. The molecule has 7 nitrogen and oxygen atoms in total. The highest BCUT2D eigenvalue weighted by molar-refractivity contribution is 5.94. The first kappa shape index (κ1) is 19.8. The maximum atomic E-state index is 12.7. The van der Waals surface area contributed by atoms with Gasteiger partial charge in [-0.3, -0.25) is 4.79 Å². The van der Waals surface area contributed by atoms with E-state index in [0.29, 0.717) is 24.5 Å². The molecule has 0 bridgehead atoms. The molecule has 0 saturated heterocycles. The summed E-state index contributed by atoms with van der Waals surface area (Å²) in [6.45, 7) is 6.13. The van der Waals surface area contributed by atoms with E-state index in [-0.39, 0.29) is 18.1 Å². The number of hydrogen-bond donors (Lipinski definition) is 1. The Morgan fingerprint density at radius 3 is 2.63 bits per heavy atom. The second-order valence-corrected chi connectivity index (χ2v) is 7.54. The predicted molar refractivity (Wildman–Crippen MR) is 113 cm³/mol. The van der Waals surface area contributed by atoms with Gasteiger partial charge in [0.2, 0.25) is 5.88 Å². The summed E-state index contributed by atoms with van der Waals surface area (Å²) in [5.41, 5.74) is 3.47. The Morgan fingerprint density at radius 1 is 1.13 bits per heavy atom. The summed E-state index contributed by atoms with van der Waals surface area (Å²) in [6, 6.07) is 9.20. The van der Waals surface area contributed by atoms with Crippen LogP contribution >= 0.6 is 0 Å². The molecule has 0 unspecified atom stereocenters. The SMILES string of the molecule is Cc1ncc(-c2cccc3c2C[C@H](NC(=O)c2ccc(OC(C)C)nc2)CO3)cn1. The molecule has 1 atom stereocenters. The van der Waals surface area contributed by atoms with Crippen LogP contribution in [0.1, 0.15) is 35.6 Å². The largest absolute Gasteiger partial charge is 0.491 e. The van der Waals surface area contributed by atoms with Crippen LogP contribution in [0.5, 0.6) is 11.6 Å². The van der Waals surface area contributed by atoms with Crippen LogP contribution in [0, 0.1) is 6.92 Å². The zero-order chi connectivity index (χ0) is 21.1. The number of nitrogens with one attached hydrogen (secondary N) is 1. The van der Waals surface area contributed by atoms with Crippen molar-refractivity contribution in [2.45, 2.75) is 39.3 Å². The van der Waals surface area contributed by atoms with Crippen molar-refractivity contribution >= 4 is 5.91 Å². The summed E-state index contributed by atoms with van der Waals surface area (Å²) in [5, 5.41) is 3.05. The van der Waals surface area contributed by atoms with E-state index in [1.807, 2.05) is 51.4 Å². The lowest BCUT2D eigenvalue weighted by Gasteiger charge is -2.28. The van der Waals surface area contributed by atoms with Gasteiger partial charge in [0.05, 0.1) is 17.7 Å². The van der Waals surface area contributed by atoms with Crippen molar-refractivity contribution < 1.29 is 14.3 Å². The molecule has 154 valence electrons. The zero-order valence-electron chi connectivity index (χ0n) is 17.3. The summed E-state index contributed by atoms with van der Waals surface area (Å²) in [5.74, 6) is 1.87. The Balaban J connectivity index is 1.49. The average molecular weight is 404 g/mol. The van der Waals surface area contributed by atoms with Gasteiger partial charge in [-0.2, -0.15) is 0 Å². The van der Waals surface area contributed by atoms with Crippen LogP contribution in [-0.4, -0.2) is 39.6 Å². The molecule has 1 amide bonds. The number of ether oxygens (including phenoxy) is 2. The van der Waals surface area contributed by atoms with E-state index in [0.717, 1.165) is 28.3 Å². The van der Waals surface area contributed by atoms with Crippen LogP contribution in [0.15, 0.2) is 48.9 Å². The Morgan fingerprint density at radius 2 is 1.93 bits per heavy atom. The normalized spacial score (nSPS) is 15.3. The standard InChI is InChI=1S/C23H24N4O3/c1-14(2)30-22-8-7-16(10-26-22)23(28)27-18-9-20-19(5-4-6-21(20)29-13-18)17-11-24-15(3)25-12-17/h4-8,10-12,14,18H,9,13H2,1-3H3,(H,27,28)/t18-/m0/s1. The lowest BCUT2D eigenvalue weighted by atomic mass is 9.94. The van der Waals surface area contributed by atoms with Crippen LogP contribution in [0.4, 0.5) is 0 Å². The quantitative estimate of drug-likeness (QED) is 0.702. The van der Waals surface area contributed by atoms with Crippen LogP contribution in [0.2, 0.25) is 0 Å². The summed E-state index contributed by atoms with van der Waals surface area (Å²) in [4.78, 5) is 25.5. The monoisotopic (exact) mass is 404 g/mol. The number of amides is 1. The molecule has 0 fully saturated rings. The Bertz CT molecular complexity index is 1030. The van der Waals surface area contributed by atoms with Gasteiger partial charge in [0.15, 0.2) is 0 Å². The topological polar surface area (TPSA) is 86.2 Å². The van der Waals surface area contributed by atoms with E-state index in [9.17, 15) is 4.79 Å². The molecule has 30 heavy (non-hydrogen) atoms. The molecule has 0 spiro atoms. The summed E-state index contributed by atoms with van der Waals surface area (Å²) in [7, 11) is 0. The molecule has 0 aliphatic carbocycles. The number of aromatic nitrogens is 3. The van der Waals surface area contributed by atoms with Gasteiger partial charge in [-0.15, -0.1) is 0 Å². The summed E-state index contributed by atoms with van der Waals surface area (Å²) in [6.07, 6.45) is 5.84. The average Bonchev–Trinajstić information content (AvgIpc) is 2.74. The molecule has 1 aliphatic heterocycles. The first-order valence-electron chi connectivity index (χ1n) is 9.97. The fourth-order valence-electron chi connectivity index (χ4n) is 3.40. The number of nitrogens with zero attached hydrogens (tertiary/aromatic N) is 3. The van der Waals surface area contributed by atoms with Crippen LogP contribution in [-0.2, 0) is 6.42 Å². The second kappa shape index (κ2) is 8.49. The third-order valence-corrected chi connectivity index (χ3v) is 4.81. The Labute approximate surface area is 175 Å². The molecule has 7 heteroatoms. The van der Waals surface area contributed by atoms with Crippen molar-refractivity contribution in [3.8, 4) is 22.8 Å². The van der Waals surface area contributed by atoms with E-state index in [1.165, 1.54) is 6.20 Å². The fraction of sp³-hybridized carbons (Fsp3) is 0.304. The van der Waals surface area contributed by atoms with Crippen molar-refractivity contribution in [2.24, 2.45) is 0 Å². The number of benzene rings is 1. The van der Waals surface area contributed by atoms with Crippen molar-refractivity contribution in [1.29, 1.82) is 0 Å². The van der Waals surface area contributed by atoms with E-state index in [2.05, 4.69) is 20.3 Å². The van der Waals surface area contributed by atoms with Gasteiger partial charge < -0.3 is 14.8 Å². The minimum atomic E-state index is -0.188. The molecule has 3 aromatic rings. The third kappa shape index (κ3) is 4.40. The van der Waals surface area contributed by atoms with Crippen LogP contribution < -0.4 is 14.8 Å². The summed E-state index contributed by atoms with van der Waals surface area (Å²) < 4.78 is 11.5. The van der Waals surface area contributed by atoms with Gasteiger partial charge in [-0.1, -0.05) is 12.1 Å². The van der Waals surface area contributed by atoms with Crippen molar-refractivity contribution in [3.05, 3.63) is 65.9 Å². The van der Waals surface area contributed by atoms with E-state index in [1.54, 1.807) is 12.1 Å². The Kier molecular flexibility index (Phi) is 5.61. The van der Waals surface area contributed by atoms with Gasteiger partial charge in [0, 0.05) is 42.2 Å². The highest BCUT2D eigenvalue weighted by atomic mass is 16.5. The molecule has 1 aromatic carbocycles.